The maximum absolute atomic E-state index is 4.48. The maximum atomic E-state index is 4.48. The van der Waals surface area contributed by atoms with Gasteiger partial charge < -0.3 is 14.8 Å². The number of aromatic nitrogens is 3. The van der Waals surface area contributed by atoms with Crippen LogP contribution in [0, 0.1) is 18.8 Å². The predicted octanol–water partition coefficient (Wildman–Crippen LogP) is 1.01. The summed E-state index contributed by atoms with van der Waals surface area (Å²) in [4.78, 5) is 9.61. The van der Waals surface area contributed by atoms with Gasteiger partial charge in [0.2, 0.25) is 0 Å². The second kappa shape index (κ2) is 6.94. The van der Waals surface area contributed by atoms with E-state index in [-0.39, 0.29) is 0 Å². The van der Waals surface area contributed by atoms with E-state index in [9.17, 15) is 0 Å². The van der Waals surface area contributed by atoms with Gasteiger partial charge in [-0.15, -0.1) is 10.2 Å². The largest absolute Gasteiger partial charge is 0.349 e. The topological polar surface area (TPSA) is 61.6 Å². The standard InChI is InChI=1S/C18H31N7/c1-13-21-22-17(23(13)3)12-20-18(19-2)25-8-6-24(7-9-25)16-11-14-4-5-15(16)10-14/h14-16H,4-12H2,1-3H3,(H,19,20). The summed E-state index contributed by atoms with van der Waals surface area (Å²) in [5.41, 5.74) is 0. The van der Waals surface area contributed by atoms with Crippen molar-refractivity contribution in [2.45, 2.75) is 45.2 Å². The summed E-state index contributed by atoms with van der Waals surface area (Å²) in [6, 6.07) is 0.859. The van der Waals surface area contributed by atoms with Crippen LogP contribution in [0.15, 0.2) is 4.99 Å². The van der Waals surface area contributed by atoms with Gasteiger partial charge in [-0.2, -0.15) is 0 Å². The number of fused-ring (bicyclic) bond motifs is 2. The summed E-state index contributed by atoms with van der Waals surface area (Å²) in [6.45, 7) is 7.09. The molecule has 3 aliphatic rings. The van der Waals surface area contributed by atoms with E-state index < -0.39 is 0 Å². The minimum atomic E-state index is 0.663. The highest BCUT2D eigenvalue weighted by Crippen LogP contribution is 2.46. The fraction of sp³-hybridized carbons (Fsp3) is 0.833. The van der Waals surface area contributed by atoms with E-state index in [1.807, 2.05) is 25.6 Å². The lowest BCUT2D eigenvalue weighted by molar-refractivity contribution is 0.0958. The zero-order valence-corrected chi connectivity index (χ0v) is 15.8. The number of nitrogens with one attached hydrogen (secondary N) is 1. The lowest BCUT2D eigenvalue weighted by atomic mass is 9.93. The third-order valence-electron chi connectivity index (χ3n) is 6.58. The third-order valence-corrected chi connectivity index (χ3v) is 6.58. The zero-order chi connectivity index (χ0) is 17.4. The van der Waals surface area contributed by atoms with Crippen molar-refractivity contribution in [2.75, 3.05) is 33.2 Å². The summed E-state index contributed by atoms with van der Waals surface area (Å²) in [5, 5.41) is 11.8. The van der Waals surface area contributed by atoms with Crippen LogP contribution in [-0.2, 0) is 13.6 Å². The molecule has 7 heteroatoms. The highest BCUT2D eigenvalue weighted by Gasteiger charge is 2.42. The second-order valence-electron chi connectivity index (χ2n) is 7.89. The Morgan fingerprint density at radius 2 is 1.96 bits per heavy atom. The molecule has 1 aromatic rings. The van der Waals surface area contributed by atoms with Gasteiger partial charge >= 0.3 is 0 Å². The molecule has 2 heterocycles. The first kappa shape index (κ1) is 16.8. The number of aliphatic imine (C=N–C) groups is 1. The van der Waals surface area contributed by atoms with Gasteiger partial charge in [-0.05, 0) is 38.0 Å². The van der Waals surface area contributed by atoms with Crippen molar-refractivity contribution in [3.63, 3.8) is 0 Å². The van der Waals surface area contributed by atoms with Crippen LogP contribution in [0.5, 0.6) is 0 Å². The van der Waals surface area contributed by atoms with Crippen LogP contribution >= 0.6 is 0 Å². The van der Waals surface area contributed by atoms with Crippen molar-refractivity contribution in [2.24, 2.45) is 23.9 Å². The van der Waals surface area contributed by atoms with Gasteiger partial charge in [0.1, 0.15) is 5.82 Å². The Balaban J connectivity index is 1.29. The molecular weight excluding hydrogens is 314 g/mol. The van der Waals surface area contributed by atoms with Crippen molar-refractivity contribution >= 4 is 5.96 Å². The second-order valence-corrected chi connectivity index (χ2v) is 7.89. The molecule has 2 bridgehead atoms. The number of piperazine rings is 1. The van der Waals surface area contributed by atoms with E-state index in [1.54, 1.807) is 0 Å². The zero-order valence-electron chi connectivity index (χ0n) is 15.8. The fourth-order valence-electron chi connectivity index (χ4n) is 5.02. The molecule has 138 valence electrons. The van der Waals surface area contributed by atoms with E-state index in [2.05, 4.69) is 30.3 Å². The van der Waals surface area contributed by atoms with Crippen LogP contribution in [0.25, 0.3) is 0 Å². The lowest BCUT2D eigenvalue weighted by Gasteiger charge is -2.41. The molecule has 1 N–H and O–H groups in total. The van der Waals surface area contributed by atoms with Gasteiger partial charge in [-0.3, -0.25) is 9.89 Å². The number of rotatable bonds is 3. The number of hydrogen-bond acceptors (Lipinski definition) is 4. The van der Waals surface area contributed by atoms with E-state index in [0.717, 1.165) is 61.7 Å². The quantitative estimate of drug-likeness (QED) is 0.654. The highest BCUT2D eigenvalue weighted by atomic mass is 15.4. The average molecular weight is 345 g/mol. The van der Waals surface area contributed by atoms with Gasteiger partial charge in [0, 0.05) is 46.3 Å². The van der Waals surface area contributed by atoms with Gasteiger partial charge in [0.25, 0.3) is 0 Å². The Hall–Kier alpha value is -1.63. The molecule has 0 spiro atoms. The Morgan fingerprint density at radius 1 is 1.16 bits per heavy atom. The molecule has 1 aliphatic heterocycles. The Kier molecular flexibility index (Phi) is 4.67. The molecule has 3 fully saturated rings. The summed E-state index contributed by atoms with van der Waals surface area (Å²) >= 11 is 0. The molecule has 4 rings (SSSR count). The normalized spacial score (nSPS) is 30.3. The van der Waals surface area contributed by atoms with Crippen LogP contribution in [0.4, 0.5) is 0 Å². The highest BCUT2D eigenvalue weighted by molar-refractivity contribution is 5.79. The SMILES string of the molecule is CN=C(NCc1nnc(C)n1C)N1CCN(C2CC3CCC2C3)CC1. The predicted molar refractivity (Wildman–Crippen MR) is 98.3 cm³/mol. The monoisotopic (exact) mass is 345 g/mol. The smallest absolute Gasteiger partial charge is 0.194 e. The van der Waals surface area contributed by atoms with Gasteiger partial charge in [0.05, 0.1) is 6.54 Å². The van der Waals surface area contributed by atoms with Crippen molar-refractivity contribution < 1.29 is 0 Å². The summed E-state index contributed by atoms with van der Waals surface area (Å²) < 4.78 is 2.02. The Labute approximate surface area is 150 Å². The Bertz CT molecular complexity index is 629. The summed E-state index contributed by atoms with van der Waals surface area (Å²) in [7, 11) is 3.87. The third kappa shape index (κ3) is 3.26. The summed E-state index contributed by atoms with van der Waals surface area (Å²) in [5.74, 6) is 4.87. The maximum Gasteiger partial charge on any atom is 0.194 e. The molecule has 0 aromatic carbocycles. The number of guanidine groups is 1. The molecule has 0 amide bonds. The molecule has 3 atom stereocenters. The molecule has 3 unspecified atom stereocenters. The fourth-order valence-corrected chi connectivity index (χ4v) is 5.02. The van der Waals surface area contributed by atoms with Crippen molar-refractivity contribution in [1.29, 1.82) is 0 Å². The average Bonchev–Trinajstić information content (AvgIpc) is 3.34. The van der Waals surface area contributed by atoms with E-state index in [1.165, 1.54) is 25.7 Å². The number of hydrogen-bond donors (Lipinski definition) is 1. The van der Waals surface area contributed by atoms with E-state index in [4.69, 9.17) is 0 Å². The molecule has 1 aromatic heterocycles. The molecule has 2 saturated carbocycles. The van der Waals surface area contributed by atoms with Crippen molar-refractivity contribution in [1.82, 2.24) is 29.9 Å². The van der Waals surface area contributed by atoms with Gasteiger partial charge in [-0.25, -0.2) is 0 Å². The van der Waals surface area contributed by atoms with Crippen molar-refractivity contribution in [3.8, 4) is 0 Å². The molecule has 7 nitrogen and oxygen atoms in total. The number of nitrogens with zero attached hydrogens (tertiary/aromatic N) is 6. The Morgan fingerprint density at radius 3 is 2.52 bits per heavy atom. The van der Waals surface area contributed by atoms with Gasteiger partial charge in [-0.1, -0.05) is 6.42 Å². The van der Waals surface area contributed by atoms with Crippen LogP contribution in [-0.4, -0.2) is 69.8 Å². The number of aryl methyl sites for hydroxylation is 1. The molecule has 25 heavy (non-hydrogen) atoms. The van der Waals surface area contributed by atoms with Crippen LogP contribution in [0.2, 0.25) is 0 Å². The first-order chi connectivity index (χ1) is 12.2. The molecule has 2 aliphatic carbocycles. The summed E-state index contributed by atoms with van der Waals surface area (Å²) in [6.07, 6.45) is 5.89. The van der Waals surface area contributed by atoms with E-state index in [0.29, 0.717) is 6.54 Å². The minimum Gasteiger partial charge on any atom is -0.349 e. The van der Waals surface area contributed by atoms with Crippen LogP contribution < -0.4 is 5.32 Å². The first-order valence-corrected chi connectivity index (χ1v) is 9.70. The minimum absolute atomic E-state index is 0.663. The molecule has 1 saturated heterocycles. The lowest BCUT2D eigenvalue weighted by Crippen LogP contribution is -2.55. The van der Waals surface area contributed by atoms with Crippen LogP contribution in [0.3, 0.4) is 0 Å². The molecule has 0 radical (unpaired) electrons. The van der Waals surface area contributed by atoms with Crippen LogP contribution in [0.1, 0.15) is 37.3 Å². The first-order valence-electron chi connectivity index (χ1n) is 9.70. The van der Waals surface area contributed by atoms with E-state index >= 15 is 0 Å². The molecular formula is C18H31N7. The van der Waals surface area contributed by atoms with Gasteiger partial charge in [0.15, 0.2) is 11.8 Å². The van der Waals surface area contributed by atoms with Crippen molar-refractivity contribution in [3.05, 3.63) is 11.6 Å².